The van der Waals surface area contributed by atoms with E-state index in [0.717, 1.165) is 65.4 Å². The molecule has 4 aromatic carbocycles. The first kappa shape index (κ1) is 17.4. The first-order valence-electron chi connectivity index (χ1n) is 10.3. The lowest BCUT2D eigenvalue weighted by Crippen LogP contribution is -1.78. The van der Waals surface area contributed by atoms with Gasteiger partial charge >= 0.3 is 0 Å². The fraction of sp³-hybridized carbons (Fsp3) is 0. The van der Waals surface area contributed by atoms with Gasteiger partial charge in [0.1, 0.15) is 0 Å². The molecule has 7 aromatic rings. The van der Waals surface area contributed by atoms with Crippen LogP contribution in [0.3, 0.4) is 0 Å². The van der Waals surface area contributed by atoms with Gasteiger partial charge in [0.2, 0.25) is 0 Å². The number of benzene rings is 4. The average molecular weight is 420 g/mol. The van der Waals surface area contributed by atoms with Gasteiger partial charge in [-0.15, -0.1) is 0 Å². The lowest BCUT2D eigenvalue weighted by atomic mass is 10.0. The maximum Gasteiger partial charge on any atom is 0.188 e. The molecule has 3 aromatic heterocycles. The minimum atomic E-state index is 0.573. The van der Waals surface area contributed by atoms with Gasteiger partial charge in [-0.2, -0.15) is 5.26 Å². The molecular formula is C27H12N6. The fourth-order valence-corrected chi connectivity index (χ4v) is 5.10. The van der Waals surface area contributed by atoms with Crippen molar-refractivity contribution >= 4 is 76.8 Å². The summed E-state index contributed by atoms with van der Waals surface area (Å²) < 4.78 is 0. The first-order valence-corrected chi connectivity index (χ1v) is 10.3. The minimum absolute atomic E-state index is 0.573. The molecule has 3 N–H and O–H groups in total. The average Bonchev–Trinajstić information content (AvgIpc) is 3.53. The molecule has 0 atom stereocenters. The van der Waals surface area contributed by atoms with Crippen LogP contribution in [0.15, 0.2) is 54.6 Å². The van der Waals surface area contributed by atoms with Crippen LogP contribution in [-0.4, -0.2) is 15.0 Å². The molecule has 3 heterocycles. The molecule has 0 saturated heterocycles. The number of nitrogens with one attached hydrogen (secondary N) is 3. The van der Waals surface area contributed by atoms with E-state index in [1.807, 2.05) is 54.6 Å². The van der Waals surface area contributed by atoms with Crippen LogP contribution < -0.4 is 0 Å². The molecule has 0 fully saturated rings. The molecule has 6 heteroatoms. The minimum Gasteiger partial charge on any atom is -0.354 e. The summed E-state index contributed by atoms with van der Waals surface area (Å²) >= 11 is 0. The third-order valence-corrected chi connectivity index (χ3v) is 6.50. The Labute approximate surface area is 186 Å². The van der Waals surface area contributed by atoms with Gasteiger partial charge in [0.15, 0.2) is 11.4 Å². The van der Waals surface area contributed by atoms with Crippen LogP contribution in [0, 0.1) is 24.5 Å². The van der Waals surface area contributed by atoms with Crippen molar-refractivity contribution in [3.05, 3.63) is 83.0 Å². The third kappa shape index (κ3) is 2.13. The van der Waals surface area contributed by atoms with E-state index in [-0.39, 0.29) is 0 Å². The van der Waals surface area contributed by atoms with E-state index in [1.165, 1.54) is 0 Å². The monoisotopic (exact) mass is 420 g/mol. The second-order valence-electron chi connectivity index (χ2n) is 8.18. The highest BCUT2D eigenvalue weighted by atomic mass is 14.8. The predicted octanol–water partition coefficient (Wildman–Crippen LogP) is 7.56. The summed E-state index contributed by atoms with van der Waals surface area (Å²) in [7, 11) is 0. The largest absolute Gasteiger partial charge is 0.354 e. The van der Waals surface area contributed by atoms with E-state index in [9.17, 15) is 5.26 Å². The normalized spacial score (nSPS) is 11.5. The van der Waals surface area contributed by atoms with Crippen LogP contribution in [0.2, 0.25) is 0 Å². The summed E-state index contributed by atoms with van der Waals surface area (Å²) in [4.78, 5) is 18.0. The van der Waals surface area contributed by atoms with E-state index >= 15 is 0 Å². The van der Waals surface area contributed by atoms with Crippen molar-refractivity contribution in [2.45, 2.75) is 0 Å². The second kappa shape index (κ2) is 5.92. The highest BCUT2D eigenvalue weighted by molar-refractivity contribution is 6.39. The fourth-order valence-electron chi connectivity index (χ4n) is 5.10. The Morgan fingerprint density at radius 3 is 1.67 bits per heavy atom. The van der Waals surface area contributed by atoms with E-state index in [2.05, 4.69) is 30.7 Å². The number of aromatic amines is 3. The summed E-state index contributed by atoms with van der Waals surface area (Å²) in [6, 6.07) is 19.2. The Kier molecular flexibility index (Phi) is 3.13. The van der Waals surface area contributed by atoms with Gasteiger partial charge in [0, 0.05) is 38.1 Å². The van der Waals surface area contributed by atoms with Gasteiger partial charge in [0.25, 0.3) is 0 Å². The number of rotatable bonds is 0. The molecule has 0 aliphatic rings. The van der Waals surface area contributed by atoms with E-state index in [1.54, 1.807) is 0 Å². The van der Waals surface area contributed by atoms with Crippen LogP contribution in [0.1, 0.15) is 5.56 Å². The number of hydrogen-bond acceptors (Lipinski definition) is 1. The van der Waals surface area contributed by atoms with Gasteiger partial charge in [-0.1, -0.05) is 12.1 Å². The molecule has 150 valence electrons. The number of H-pyrrole nitrogens is 3. The van der Waals surface area contributed by atoms with Crippen LogP contribution in [-0.2, 0) is 0 Å². The summed E-state index contributed by atoms with van der Waals surface area (Å²) in [6.45, 7) is 15.0. The topological polar surface area (TPSA) is 79.9 Å². The summed E-state index contributed by atoms with van der Waals surface area (Å²) in [6.07, 6.45) is 0. The van der Waals surface area contributed by atoms with Gasteiger partial charge in [0.05, 0.1) is 41.3 Å². The van der Waals surface area contributed by atoms with Crippen molar-refractivity contribution in [1.29, 1.82) is 5.26 Å². The zero-order valence-electron chi connectivity index (χ0n) is 17.0. The first-order chi connectivity index (χ1) is 16.2. The zero-order valence-corrected chi connectivity index (χ0v) is 17.0. The van der Waals surface area contributed by atoms with Crippen molar-refractivity contribution in [2.24, 2.45) is 0 Å². The Hall–Kier alpha value is -5.25. The van der Waals surface area contributed by atoms with Crippen molar-refractivity contribution in [1.82, 2.24) is 15.0 Å². The summed E-state index contributed by atoms with van der Waals surface area (Å²) in [5.41, 5.74) is 7.41. The quantitative estimate of drug-likeness (QED) is 0.217. The second-order valence-corrected chi connectivity index (χ2v) is 8.18. The summed E-state index contributed by atoms with van der Waals surface area (Å²) in [5.74, 6) is 0. The molecule has 0 amide bonds. The smallest absolute Gasteiger partial charge is 0.188 e. The molecule has 7 rings (SSSR count). The molecule has 0 radical (unpaired) electrons. The molecule has 6 nitrogen and oxygen atoms in total. The number of hydrogen-bond donors (Lipinski definition) is 3. The predicted molar refractivity (Wildman–Crippen MR) is 132 cm³/mol. The lowest BCUT2D eigenvalue weighted by molar-refractivity contribution is 1.49. The molecular weight excluding hydrogens is 408 g/mol. The Morgan fingerprint density at radius 2 is 1.09 bits per heavy atom. The number of nitriles is 1. The van der Waals surface area contributed by atoms with Crippen molar-refractivity contribution in [3.63, 3.8) is 0 Å². The lowest BCUT2D eigenvalue weighted by Gasteiger charge is -2.01. The van der Waals surface area contributed by atoms with Gasteiger partial charge in [-0.25, -0.2) is 9.69 Å². The Balaban J connectivity index is 1.86. The standard InChI is InChI=1S/C27H12N6/c1-29-14-4-7-20-17(10-14)22-23-18-11-15(30-2)5-8-21(18)32-26(23)27-24(25(22)31-20)16-9-13(12-28)3-6-19(16)33-27/h3-11,31-33H. The highest BCUT2D eigenvalue weighted by Gasteiger charge is 2.21. The van der Waals surface area contributed by atoms with Crippen molar-refractivity contribution in [3.8, 4) is 6.07 Å². The van der Waals surface area contributed by atoms with Crippen LogP contribution in [0.5, 0.6) is 0 Å². The van der Waals surface area contributed by atoms with E-state index < -0.39 is 0 Å². The van der Waals surface area contributed by atoms with Crippen LogP contribution in [0.25, 0.3) is 75.1 Å². The molecule has 0 spiro atoms. The van der Waals surface area contributed by atoms with Gasteiger partial charge in [-0.05, 0) is 53.2 Å². The Bertz CT molecular complexity index is 2110. The van der Waals surface area contributed by atoms with E-state index in [4.69, 9.17) is 13.1 Å². The van der Waals surface area contributed by atoms with Gasteiger partial charge < -0.3 is 15.0 Å². The van der Waals surface area contributed by atoms with E-state index in [0.29, 0.717) is 16.9 Å². The third-order valence-electron chi connectivity index (χ3n) is 6.50. The molecule has 0 bridgehead atoms. The summed E-state index contributed by atoms with van der Waals surface area (Å²) in [5, 5.41) is 15.4. The van der Waals surface area contributed by atoms with Crippen LogP contribution >= 0.6 is 0 Å². The SMILES string of the molecule is [C-]#[N+]c1ccc2[nH]c3c4[nH]c5ccc(C#N)cc5c4c4[nH]c5ccc([N+]#[C-])cc5c4c3c2c1. The molecule has 0 aliphatic heterocycles. The molecule has 33 heavy (non-hydrogen) atoms. The number of aromatic nitrogens is 3. The molecule has 0 aliphatic carbocycles. The molecule has 0 saturated carbocycles. The van der Waals surface area contributed by atoms with Gasteiger partial charge in [-0.3, -0.25) is 0 Å². The van der Waals surface area contributed by atoms with Crippen molar-refractivity contribution < 1.29 is 0 Å². The van der Waals surface area contributed by atoms with Crippen LogP contribution in [0.4, 0.5) is 11.4 Å². The Morgan fingerprint density at radius 1 is 0.606 bits per heavy atom. The zero-order chi connectivity index (χ0) is 22.3. The van der Waals surface area contributed by atoms with Crippen molar-refractivity contribution in [2.75, 3.05) is 0 Å². The number of nitrogens with zero attached hydrogens (tertiary/aromatic N) is 3. The highest BCUT2D eigenvalue weighted by Crippen LogP contribution is 2.45. The maximum atomic E-state index is 9.48. The number of fused-ring (bicyclic) bond motifs is 12. The maximum absolute atomic E-state index is 9.48. The molecule has 0 unspecified atom stereocenters.